The zero-order valence-corrected chi connectivity index (χ0v) is 11.0. The van der Waals surface area contributed by atoms with Gasteiger partial charge in [-0.1, -0.05) is 24.3 Å². The van der Waals surface area contributed by atoms with Crippen LogP contribution in [0, 0.1) is 0 Å². The van der Waals surface area contributed by atoms with Crippen molar-refractivity contribution in [1.29, 1.82) is 0 Å². The molecule has 0 spiro atoms. The number of carbonyl (C=O) groups excluding carboxylic acids is 1. The van der Waals surface area contributed by atoms with Gasteiger partial charge in [0.25, 0.3) is 0 Å². The van der Waals surface area contributed by atoms with Gasteiger partial charge >= 0.3 is 0 Å². The lowest BCUT2D eigenvalue weighted by Crippen LogP contribution is -2.49. The molecular weight excluding hydrogens is 210 g/mol. The Morgan fingerprint density at radius 1 is 1.29 bits per heavy atom. The second-order valence-electron chi connectivity index (χ2n) is 5.44. The summed E-state index contributed by atoms with van der Waals surface area (Å²) < 4.78 is 0. The van der Waals surface area contributed by atoms with Crippen LogP contribution < -0.4 is 0 Å². The van der Waals surface area contributed by atoms with Crippen LogP contribution in [0.15, 0.2) is 24.3 Å². The van der Waals surface area contributed by atoms with Crippen LogP contribution >= 0.6 is 0 Å². The van der Waals surface area contributed by atoms with E-state index in [4.69, 9.17) is 0 Å². The molecule has 2 nitrogen and oxygen atoms in total. The molecule has 0 radical (unpaired) electrons. The summed E-state index contributed by atoms with van der Waals surface area (Å²) in [6.45, 7) is 1.70. The Kier molecular flexibility index (Phi) is 3.34. The molecule has 0 bridgehead atoms. The summed E-state index contributed by atoms with van der Waals surface area (Å²) in [6.07, 6.45) is 3.82. The zero-order valence-electron chi connectivity index (χ0n) is 11.0. The van der Waals surface area contributed by atoms with E-state index in [1.165, 1.54) is 11.1 Å². The highest BCUT2D eigenvalue weighted by atomic mass is 16.1. The van der Waals surface area contributed by atoms with Crippen molar-refractivity contribution in [1.82, 2.24) is 4.90 Å². The molecule has 0 saturated heterocycles. The standard InChI is InChI=1S/C15H21NO/c1-12(17)10-15(16(2)3)9-8-13-6-4-5-7-14(13)11-15/h4-7H,8-11H2,1-3H3. The lowest BCUT2D eigenvalue weighted by molar-refractivity contribution is -0.119. The maximum absolute atomic E-state index is 11.5. The fraction of sp³-hybridized carbons (Fsp3) is 0.533. The minimum atomic E-state index is 0.0280. The number of hydrogen-bond donors (Lipinski definition) is 0. The van der Waals surface area contributed by atoms with E-state index in [2.05, 4.69) is 43.3 Å². The van der Waals surface area contributed by atoms with Crippen LogP contribution in [0.2, 0.25) is 0 Å². The molecule has 1 atom stereocenters. The summed E-state index contributed by atoms with van der Waals surface area (Å²) in [5.74, 6) is 0.290. The first-order valence-electron chi connectivity index (χ1n) is 6.27. The normalized spacial score (nSPS) is 23.5. The van der Waals surface area contributed by atoms with E-state index in [-0.39, 0.29) is 11.3 Å². The molecule has 2 heteroatoms. The maximum Gasteiger partial charge on any atom is 0.131 e. The fourth-order valence-corrected chi connectivity index (χ4v) is 2.94. The third-order valence-electron chi connectivity index (χ3n) is 4.02. The SMILES string of the molecule is CC(=O)CC1(N(C)C)CCc2ccccc2C1. The topological polar surface area (TPSA) is 20.3 Å². The zero-order chi connectivity index (χ0) is 12.5. The summed E-state index contributed by atoms with van der Waals surface area (Å²) in [7, 11) is 4.19. The molecule has 0 aliphatic heterocycles. The van der Waals surface area contributed by atoms with Crippen molar-refractivity contribution in [3.63, 3.8) is 0 Å². The molecule has 17 heavy (non-hydrogen) atoms. The molecule has 1 aromatic rings. The number of fused-ring (bicyclic) bond motifs is 1. The lowest BCUT2D eigenvalue weighted by Gasteiger charge is -2.43. The summed E-state index contributed by atoms with van der Waals surface area (Å²) in [6, 6.07) is 8.61. The Balaban J connectivity index is 2.30. The van der Waals surface area contributed by atoms with Crippen molar-refractivity contribution in [2.45, 2.75) is 38.1 Å². The van der Waals surface area contributed by atoms with Gasteiger partial charge in [0.05, 0.1) is 0 Å². The third kappa shape index (κ3) is 2.42. The molecule has 0 aromatic heterocycles. The Morgan fingerprint density at radius 2 is 1.94 bits per heavy atom. The van der Waals surface area contributed by atoms with Crippen LogP contribution in [0.1, 0.15) is 30.9 Å². The van der Waals surface area contributed by atoms with Crippen LogP contribution in [-0.4, -0.2) is 30.3 Å². The number of aryl methyl sites for hydroxylation is 1. The molecule has 92 valence electrons. The predicted molar refractivity (Wildman–Crippen MR) is 70.2 cm³/mol. The second kappa shape index (κ2) is 4.61. The molecule has 2 rings (SSSR count). The molecule has 0 amide bonds. The first kappa shape index (κ1) is 12.3. The molecule has 1 aromatic carbocycles. The van der Waals surface area contributed by atoms with Crippen molar-refractivity contribution in [3.05, 3.63) is 35.4 Å². The van der Waals surface area contributed by atoms with Crippen LogP contribution in [-0.2, 0) is 17.6 Å². The van der Waals surface area contributed by atoms with E-state index in [1.54, 1.807) is 6.92 Å². The fourth-order valence-electron chi connectivity index (χ4n) is 2.94. The third-order valence-corrected chi connectivity index (χ3v) is 4.02. The van der Waals surface area contributed by atoms with Gasteiger partial charge in [-0.2, -0.15) is 0 Å². The predicted octanol–water partition coefficient (Wildman–Crippen LogP) is 2.45. The number of carbonyl (C=O) groups is 1. The van der Waals surface area contributed by atoms with Crippen LogP contribution in [0.5, 0.6) is 0 Å². The maximum atomic E-state index is 11.5. The summed E-state index contributed by atoms with van der Waals surface area (Å²) in [5, 5.41) is 0. The lowest BCUT2D eigenvalue weighted by atomic mass is 9.74. The minimum Gasteiger partial charge on any atom is -0.303 e. The molecule has 1 aliphatic carbocycles. The van der Waals surface area contributed by atoms with E-state index in [9.17, 15) is 4.79 Å². The van der Waals surface area contributed by atoms with Gasteiger partial charge in [0.1, 0.15) is 5.78 Å². The number of hydrogen-bond acceptors (Lipinski definition) is 2. The van der Waals surface area contributed by atoms with Gasteiger partial charge in [-0.15, -0.1) is 0 Å². The highest BCUT2D eigenvalue weighted by Gasteiger charge is 2.37. The molecule has 1 aliphatic rings. The van der Waals surface area contributed by atoms with Gasteiger partial charge in [0.15, 0.2) is 0 Å². The summed E-state index contributed by atoms with van der Waals surface area (Å²) in [5.41, 5.74) is 2.89. The van der Waals surface area contributed by atoms with Crippen molar-refractivity contribution >= 4 is 5.78 Å². The quantitative estimate of drug-likeness (QED) is 0.796. The molecule has 0 heterocycles. The summed E-state index contributed by atoms with van der Waals surface area (Å²) >= 11 is 0. The van der Waals surface area contributed by atoms with Gasteiger partial charge in [-0.25, -0.2) is 0 Å². The average molecular weight is 231 g/mol. The van der Waals surface area contributed by atoms with E-state index in [0.717, 1.165) is 19.3 Å². The first-order valence-corrected chi connectivity index (χ1v) is 6.27. The number of Topliss-reactive ketones (excluding diaryl/α,β-unsaturated/α-hetero) is 1. The van der Waals surface area contributed by atoms with E-state index in [1.807, 2.05) is 0 Å². The Morgan fingerprint density at radius 3 is 2.53 bits per heavy atom. The highest BCUT2D eigenvalue weighted by molar-refractivity contribution is 5.77. The van der Waals surface area contributed by atoms with Gasteiger partial charge < -0.3 is 4.90 Å². The van der Waals surface area contributed by atoms with Crippen LogP contribution in [0.25, 0.3) is 0 Å². The van der Waals surface area contributed by atoms with E-state index >= 15 is 0 Å². The Labute approximate surface area is 104 Å². The van der Waals surface area contributed by atoms with Crippen molar-refractivity contribution in [2.75, 3.05) is 14.1 Å². The molecule has 1 unspecified atom stereocenters. The second-order valence-corrected chi connectivity index (χ2v) is 5.44. The molecular formula is C15H21NO. The van der Waals surface area contributed by atoms with Crippen LogP contribution in [0.4, 0.5) is 0 Å². The molecule has 0 N–H and O–H groups in total. The number of ketones is 1. The Bertz CT molecular complexity index is 425. The number of likely N-dealkylation sites (N-methyl/N-ethyl adjacent to an activating group) is 1. The summed E-state index contributed by atoms with van der Waals surface area (Å²) in [4.78, 5) is 13.7. The molecule has 0 saturated carbocycles. The van der Waals surface area contributed by atoms with Gasteiger partial charge in [-0.05, 0) is 51.4 Å². The van der Waals surface area contributed by atoms with E-state index in [0.29, 0.717) is 6.42 Å². The number of rotatable bonds is 3. The van der Waals surface area contributed by atoms with Crippen LogP contribution in [0.3, 0.4) is 0 Å². The minimum absolute atomic E-state index is 0.0280. The van der Waals surface area contributed by atoms with Crippen molar-refractivity contribution < 1.29 is 4.79 Å². The number of benzene rings is 1. The monoisotopic (exact) mass is 231 g/mol. The largest absolute Gasteiger partial charge is 0.303 e. The van der Waals surface area contributed by atoms with Crippen molar-refractivity contribution in [2.24, 2.45) is 0 Å². The molecule has 0 fully saturated rings. The smallest absolute Gasteiger partial charge is 0.131 e. The average Bonchev–Trinajstić information content (AvgIpc) is 2.27. The van der Waals surface area contributed by atoms with Gasteiger partial charge in [0.2, 0.25) is 0 Å². The van der Waals surface area contributed by atoms with Gasteiger partial charge in [0, 0.05) is 12.0 Å². The van der Waals surface area contributed by atoms with E-state index < -0.39 is 0 Å². The Hall–Kier alpha value is -1.15. The number of nitrogens with zero attached hydrogens (tertiary/aromatic N) is 1. The highest BCUT2D eigenvalue weighted by Crippen LogP contribution is 2.34. The first-order chi connectivity index (χ1) is 8.03. The van der Waals surface area contributed by atoms with Gasteiger partial charge in [-0.3, -0.25) is 4.79 Å². The van der Waals surface area contributed by atoms with Crippen molar-refractivity contribution in [3.8, 4) is 0 Å².